The van der Waals surface area contributed by atoms with Crippen molar-refractivity contribution in [2.75, 3.05) is 39.3 Å². The lowest BCUT2D eigenvalue weighted by Gasteiger charge is -2.41. The van der Waals surface area contributed by atoms with Crippen LogP contribution in [0.1, 0.15) is 70.6 Å². The van der Waals surface area contributed by atoms with Crippen LogP contribution in [0.5, 0.6) is 0 Å². The number of ether oxygens (including phenoxy) is 2. The number of nitrogens with one attached hydrogen (secondary N) is 1. The molecule has 3 saturated carbocycles. The fourth-order valence-corrected chi connectivity index (χ4v) is 6.91. The van der Waals surface area contributed by atoms with Gasteiger partial charge in [-0.15, -0.1) is 0 Å². The molecule has 0 aromatic heterocycles. The van der Waals surface area contributed by atoms with Crippen LogP contribution < -0.4 is 5.32 Å². The normalized spacial score (nSPS) is 36.2. The fourth-order valence-electron chi connectivity index (χ4n) is 6.91. The Labute approximate surface area is 203 Å². The largest absolute Gasteiger partial charge is 0.372 e. The topological polar surface area (TPSA) is 88.2 Å². The Morgan fingerprint density at radius 2 is 1.44 bits per heavy atom. The summed E-state index contributed by atoms with van der Waals surface area (Å²) in [5, 5.41) is 2.91. The van der Waals surface area contributed by atoms with Gasteiger partial charge in [-0.25, -0.2) is 0 Å². The first-order valence-corrected chi connectivity index (χ1v) is 13.7. The lowest BCUT2D eigenvalue weighted by molar-refractivity contribution is -0.202. The SMILES string of the molecule is O=C(NCC(=O)N1CCN(C(=O)[C@@H]2COC3CCCCC3O2)CC1)C1CCC2CCCCC2C1. The molecule has 0 radical (unpaired) electrons. The fraction of sp³-hybridized carbons (Fsp3) is 0.885. The summed E-state index contributed by atoms with van der Waals surface area (Å²) in [6.45, 7) is 2.37. The quantitative estimate of drug-likeness (QED) is 0.673. The van der Waals surface area contributed by atoms with Crippen LogP contribution in [-0.2, 0) is 23.9 Å². The van der Waals surface area contributed by atoms with Gasteiger partial charge in [0.15, 0.2) is 6.10 Å². The maximum absolute atomic E-state index is 13.0. The van der Waals surface area contributed by atoms with Gasteiger partial charge in [0.1, 0.15) is 0 Å². The Morgan fingerprint density at radius 1 is 0.765 bits per heavy atom. The number of fused-ring (bicyclic) bond motifs is 2. The lowest BCUT2D eigenvalue weighted by atomic mass is 9.67. The monoisotopic (exact) mass is 475 g/mol. The highest BCUT2D eigenvalue weighted by molar-refractivity contribution is 5.86. The predicted molar refractivity (Wildman–Crippen MR) is 126 cm³/mol. The number of rotatable bonds is 4. The molecule has 8 nitrogen and oxygen atoms in total. The number of amides is 3. The van der Waals surface area contributed by atoms with E-state index in [1.165, 1.54) is 32.1 Å². The van der Waals surface area contributed by atoms with Crippen LogP contribution in [0.3, 0.4) is 0 Å². The van der Waals surface area contributed by atoms with Crippen LogP contribution in [0.15, 0.2) is 0 Å². The van der Waals surface area contributed by atoms with Crippen molar-refractivity contribution >= 4 is 17.7 Å². The molecule has 5 aliphatic rings. The molecule has 3 amide bonds. The van der Waals surface area contributed by atoms with Crippen molar-refractivity contribution in [3.63, 3.8) is 0 Å². The molecule has 0 bridgehead atoms. The maximum atomic E-state index is 13.0. The van der Waals surface area contributed by atoms with Crippen molar-refractivity contribution < 1.29 is 23.9 Å². The standard InChI is InChI=1S/C26H41N3O5/c30-24(16-27-25(31)20-10-9-18-5-1-2-6-19(18)15-20)28-11-13-29(14-12-28)26(32)23-17-33-21-7-3-4-8-22(21)34-23/h18-23H,1-17H2,(H,27,31)/t18?,19?,20?,21?,22?,23-/m0/s1. The van der Waals surface area contributed by atoms with E-state index in [1.807, 2.05) is 0 Å². The van der Waals surface area contributed by atoms with Gasteiger partial charge in [0, 0.05) is 32.1 Å². The summed E-state index contributed by atoms with van der Waals surface area (Å²) >= 11 is 0. The molecular formula is C26H41N3O5. The van der Waals surface area contributed by atoms with Crippen LogP contribution >= 0.6 is 0 Å². The predicted octanol–water partition coefficient (Wildman–Crippen LogP) is 2.11. The van der Waals surface area contributed by atoms with E-state index in [4.69, 9.17) is 9.47 Å². The average molecular weight is 476 g/mol. The van der Waals surface area contributed by atoms with Gasteiger partial charge >= 0.3 is 0 Å². The molecule has 6 atom stereocenters. The molecule has 0 aromatic rings. The Kier molecular flexibility index (Phi) is 7.74. The Balaban J connectivity index is 1.02. The van der Waals surface area contributed by atoms with E-state index in [0.29, 0.717) is 38.7 Å². The second-order valence-corrected chi connectivity index (χ2v) is 11.1. The summed E-state index contributed by atoms with van der Waals surface area (Å²) < 4.78 is 12.0. The lowest BCUT2D eigenvalue weighted by Crippen LogP contribution is -2.57. The number of nitrogens with zero attached hydrogens (tertiary/aromatic N) is 2. The van der Waals surface area contributed by atoms with E-state index in [-0.39, 0.29) is 42.4 Å². The second-order valence-electron chi connectivity index (χ2n) is 11.1. The molecule has 190 valence electrons. The van der Waals surface area contributed by atoms with Gasteiger partial charge in [-0.2, -0.15) is 0 Å². The molecule has 2 heterocycles. The number of hydrogen-bond donors (Lipinski definition) is 1. The van der Waals surface area contributed by atoms with Crippen LogP contribution in [0.4, 0.5) is 0 Å². The molecular weight excluding hydrogens is 434 g/mol. The van der Waals surface area contributed by atoms with E-state index >= 15 is 0 Å². The molecule has 2 saturated heterocycles. The maximum Gasteiger partial charge on any atom is 0.254 e. The van der Waals surface area contributed by atoms with E-state index in [2.05, 4.69) is 5.32 Å². The highest BCUT2D eigenvalue weighted by atomic mass is 16.6. The third kappa shape index (κ3) is 5.43. The van der Waals surface area contributed by atoms with Crippen LogP contribution in [0.2, 0.25) is 0 Å². The van der Waals surface area contributed by atoms with Crippen molar-refractivity contribution in [2.24, 2.45) is 17.8 Å². The minimum atomic E-state index is -0.528. The summed E-state index contributed by atoms with van der Waals surface area (Å²) in [4.78, 5) is 41.9. The van der Waals surface area contributed by atoms with E-state index in [9.17, 15) is 14.4 Å². The molecule has 5 fully saturated rings. The molecule has 3 aliphatic carbocycles. The summed E-state index contributed by atoms with van der Waals surface area (Å²) in [6.07, 6.45) is 12.2. The summed E-state index contributed by atoms with van der Waals surface area (Å²) in [5.74, 6) is 1.52. The molecule has 5 unspecified atom stereocenters. The van der Waals surface area contributed by atoms with Crippen LogP contribution in [0.25, 0.3) is 0 Å². The zero-order chi connectivity index (χ0) is 23.5. The molecule has 0 aromatic carbocycles. The molecule has 8 heteroatoms. The molecule has 1 N–H and O–H groups in total. The molecule has 5 rings (SSSR count). The molecule has 0 spiro atoms. The van der Waals surface area contributed by atoms with Crippen molar-refractivity contribution in [1.29, 1.82) is 0 Å². The average Bonchev–Trinajstić information content (AvgIpc) is 2.90. The Bertz CT molecular complexity index is 753. The number of carbonyl (C=O) groups is 3. The summed E-state index contributed by atoms with van der Waals surface area (Å²) in [5.41, 5.74) is 0. The number of hydrogen-bond acceptors (Lipinski definition) is 5. The first-order valence-electron chi connectivity index (χ1n) is 13.7. The van der Waals surface area contributed by atoms with E-state index in [1.54, 1.807) is 9.80 Å². The van der Waals surface area contributed by atoms with E-state index < -0.39 is 6.10 Å². The van der Waals surface area contributed by atoms with Crippen molar-refractivity contribution in [3.8, 4) is 0 Å². The van der Waals surface area contributed by atoms with Crippen LogP contribution in [0, 0.1) is 17.8 Å². The first kappa shape index (κ1) is 24.0. The third-order valence-corrected chi connectivity index (χ3v) is 8.99. The highest BCUT2D eigenvalue weighted by Gasteiger charge is 2.39. The van der Waals surface area contributed by atoms with Gasteiger partial charge < -0.3 is 24.6 Å². The van der Waals surface area contributed by atoms with Gasteiger partial charge in [-0.3, -0.25) is 14.4 Å². The number of piperazine rings is 1. The summed E-state index contributed by atoms with van der Waals surface area (Å²) in [7, 11) is 0. The van der Waals surface area contributed by atoms with Crippen LogP contribution in [-0.4, -0.2) is 85.2 Å². The zero-order valence-electron chi connectivity index (χ0n) is 20.4. The molecule has 2 aliphatic heterocycles. The highest BCUT2D eigenvalue weighted by Crippen LogP contribution is 2.42. The van der Waals surface area contributed by atoms with Crippen molar-refractivity contribution in [3.05, 3.63) is 0 Å². The number of carbonyl (C=O) groups excluding carboxylic acids is 3. The second kappa shape index (κ2) is 10.9. The van der Waals surface area contributed by atoms with E-state index in [0.717, 1.165) is 44.4 Å². The zero-order valence-corrected chi connectivity index (χ0v) is 20.4. The van der Waals surface area contributed by atoms with Gasteiger partial charge in [-0.05, 0) is 43.9 Å². The van der Waals surface area contributed by atoms with Gasteiger partial charge in [0.05, 0.1) is 25.4 Å². The van der Waals surface area contributed by atoms with Crippen molar-refractivity contribution in [2.45, 2.75) is 88.9 Å². The van der Waals surface area contributed by atoms with Gasteiger partial charge in [0.2, 0.25) is 11.8 Å². The Morgan fingerprint density at radius 3 is 2.24 bits per heavy atom. The van der Waals surface area contributed by atoms with Crippen molar-refractivity contribution in [1.82, 2.24) is 15.1 Å². The summed E-state index contributed by atoms with van der Waals surface area (Å²) in [6, 6.07) is 0. The van der Waals surface area contributed by atoms with Gasteiger partial charge in [-0.1, -0.05) is 38.5 Å². The van der Waals surface area contributed by atoms with Gasteiger partial charge in [0.25, 0.3) is 5.91 Å². The Hall–Kier alpha value is -1.67. The first-order chi connectivity index (χ1) is 16.6. The minimum Gasteiger partial charge on any atom is -0.372 e. The third-order valence-electron chi connectivity index (χ3n) is 8.99. The smallest absolute Gasteiger partial charge is 0.254 e. The molecule has 34 heavy (non-hydrogen) atoms. The minimum absolute atomic E-state index is 0.0252.